The van der Waals surface area contributed by atoms with Gasteiger partial charge in [-0.25, -0.2) is 17.9 Å². The Morgan fingerprint density at radius 3 is 2.26 bits per heavy atom. The monoisotopic (exact) mass is 515 g/mol. The van der Waals surface area contributed by atoms with Crippen LogP contribution in [0, 0.1) is 11.8 Å². The van der Waals surface area contributed by atoms with Crippen LogP contribution in [0.25, 0.3) is 0 Å². The molecule has 3 saturated carbocycles. The van der Waals surface area contributed by atoms with E-state index in [1.54, 1.807) is 0 Å². The van der Waals surface area contributed by atoms with E-state index in [2.05, 4.69) is 22.3 Å². The molecule has 0 aliphatic heterocycles. The summed E-state index contributed by atoms with van der Waals surface area (Å²) in [4.78, 5) is 12.5. The number of benzene rings is 1. The molecule has 0 radical (unpaired) electrons. The number of nitrogens with one attached hydrogen (secondary N) is 3. The highest BCUT2D eigenvalue weighted by Gasteiger charge is 2.42. The Kier molecular flexibility index (Phi) is 7.71. The summed E-state index contributed by atoms with van der Waals surface area (Å²) in [5, 5.41) is 6.37. The number of fused-ring (bicyclic) bond motifs is 2. The first-order valence-corrected chi connectivity index (χ1v) is 14.2. The Bertz CT molecular complexity index is 995. The van der Waals surface area contributed by atoms with Gasteiger partial charge >= 0.3 is 12.2 Å². The molecule has 35 heavy (non-hydrogen) atoms. The number of urea groups is 1. The van der Waals surface area contributed by atoms with Crippen LogP contribution < -0.4 is 15.4 Å². The molecule has 0 saturated heterocycles. The van der Waals surface area contributed by atoms with Gasteiger partial charge in [-0.05, 0) is 81.4 Å². The molecule has 10 heteroatoms. The lowest BCUT2D eigenvalue weighted by Crippen LogP contribution is -2.57. The molecule has 3 aliphatic carbocycles. The first-order valence-electron chi connectivity index (χ1n) is 12.8. The van der Waals surface area contributed by atoms with Crippen LogP contribution in [0.5, 0.6) is 0 Å². The first-order chi connectivity index (χ1) is 16.5. The van der Waals surface area contributed by atoms with Gasteiger partial charge < -0.3 is 10.6 Å². The Hall–Kier alpha value is -1.81. The standard InChI is InChI=1S/C25H36F3N3O3S/c1-2-24(15-17-5-3-6-18(13-17)16-24)30-23(32)29-20-9-11-21(12-10-20)31-35(33,34)22-8-4-7-19(14-22)25(26,27)28/h4,7-8,14,17-18,20-21,31H,2-3,5-6,9-13,15-16H2,1H3,(H2,29,30,32). The summed E-state index contributed by atoms with van der Waals surface area (Å²) in [7, 11) is -4.07. The van der Waals surface area contributed by atoms with Gasteiger partial charge in [0.1, 0.15) is 0 Å². The number of rotatable bonds is 6. The van der Waals surface area contributed by atoms with E-state index in [-0.39, 0.29) is 23.7 Å². The summed E-state index contributed by atoms with van der Waals surface area (Å²) < 4.78 is 66.7. The molecule has 3 aliphatic rings. The third-order valence-corrected chi connectivity index (χ3v) is 9.68. The summed E-state index contributed by atoms with van der Waals surface area (Å²) in [6.45, 7) is 2.14. The number of hydrogen-bond donors (Lipinski definition) is 3. The summed E-state index contributed by atoms with van der Waals surface area (Å²) in [5.74, 6) is 1.39. The van der Waals surface area contributed by atoms with Crippen molar-refractivity contribution >= 4 is 16.1 Å². The molecule has 1 aromatic rings. The second-order valence-corrected chi connectivity index (χ2v) is 12.4. The molecule has 0 aromatic heterocycles. The third-order valence-electron chi connectivity index (χ3n) is 8.16. The molecular weight excluding hydrogens is 479 g/mol. The van der Waals surface area contributed by atoms with Crippen molar-refractivity contribution in [2.24, 2.45) is 11.8 Å². The van der Waals surface area contributed by atoms with Crippen LogP contribution in [0.1, 0.15) is 83.1 Å². The number of halogens is 3. The minimum atomic E-state index is -4.61. The van der Waals surface area contributed by atoms with Crippen molar-refractivity contribution in [3.8, 4) is 0 Å². The van der Waals surface area contributed by atoms with E-state index < -0.39 is 26.7 Å². The quantitative estimate of drug-likeness (QED) is 0.478. The predicted molar refractivity (Wildman–Crippen MR) is 127 cm³/mol. The highest BCUT2D eigenvalue weighted by atomic mass is 32.2. The highest BCUT2D eigenvalue weighted by Crippen LogP contribution is 2.45. The van der Waals surface area contributed by atoms with Gasteiger partial charge in [-0.3, -0.25) is 0 Å². The van der Waals surface area contributed by atoms with Crippen LogP contribution in [0.2, 0.25) is 0 Å². The Balaban J connectivity index is 1.28. The third kappa shape index (κ3) is 6.50. The number of sulfonamides is 1. The maximum Gasteiger partial charge on any atom is 0.416 e. The molecule has 3 fully saturated rings. The van der Waals surface area contributed by atoms with E-state index in [4.69, 9.17) is 0 Å². The average molecular weight is 516 g/mol. The van der Waals surface area contributed by atoms with Crippen molar-refractivity contribution in [3.05, 3.63) is 29.8 Å². The smallest absolute Gasteiger partial charge is 0.335 e. The molecule has 2 bridgehead atoms. The first kappa shape index (κ1) is 26.3. The van der Waals surface area contributed by atoms with Crippen LogP contribution in [-0.2, 0) is 16.2 Å². The predicted octanol–water partition coefficient (Wildman–Crippen LogP) is 5.34. The van der Waals surface area contributed by atoms with Crippen LogP contribution in [-0.4, -0.2) is 32.1 Å². The minimum Gasteiger partial charge on any atom is -0.335 e. The topological polar surface area (TPSA) is 87.3 Å². The van der Waals surface area contributed by atoms with Gasteiger partial charge in [0, 0.05) is 17.6 Å². The van der Waals surface area contributed by atoms with E-state index >= 15 is 0 Å². The van der Waals surface area contributed by atoms with Crippen molar-refractivity contribution < 1.29 is 26.4 Å². The van der Waals surface area contributed by atoms with E-state index in [1.165, 1.54) is 25.7 Å². The molecule has 1 aromatic carbocycles. The second-order valence-electron chi connectivity index (χ2n) is 10.7. The van der Waals surface area contributed by atoms with Gasteiger partial charge in [-0.15, -0.1) is 0 Å². The maximum atomic E-state index is 13.0. The van der Waals surface area contributed by atoms with Gasteiger partial charge in [0.25, 0.3) is 0 Å². The number of hydrogen-bond acceptors (Lipinski definition) is 3. The summed E-state index contributed by atoms with van der Waals surface area (Å²) in [6, 6.07) is 3.18. The zero-order chi connectivity index (χ0) is 25.3. The zero-order valence-corrected chi connectivity index (χ0v) is 21.0. The Morgan fingerprint density at radius 2 is 1.66 bits per heavy atom. The van der Waals surface area contributed by atoms with Crippen molar-refractivity contribution in [1.82, 2.24) is 15.4 Å². The maximum absolute atomic E-state index is 13.0. The summed E-state index contributed by atoms with van der Waals surface area (Å²) in [6.07, 6.45) is 5.69. The molecule has 3 N–H and O–H groups in total. The van der Waals surface area contributed by atoms with Crippen molar-refractivity contribution in [2.75, 3.05) is 0 Å². The zero-order valence-electron chi connectivity index (χ0n) is 20.2. The van der Waals surface area contributed by atoms with Crippen LogP contribution in [0.3, 0.4) is 0 Å². The minimum absolute atomic E-state index is 0.0543. The largest absolute Gasteiger partial charge is 0.416 e. The Morgan fingerprint density at radius 1 is 1.03 bits per heavy atom. The number of alkyl halides is 3. The average Bonchev–Trinajstić information content (AvgIpc) is 2.79. The number of amides is 2. The van der Waals surface area contributed by atoms with Crippen LogP contribution >= 0.6 is 0 Å². The lowest BCUT2D eigenvalue weighted by Gasteiger charge is -2.47. The summed E-state index contributed by atoms with van der Waals surface area (Å²) in [5.41, 5.74) is -1.14. The molecule has 0 spiro atoms. The van der Waals surface area contributed by atoms with E-state index in [1.807, 2.05) is 0 Å². The van der Waals surface area contributed by atoms with Gasteiger partial charge in [0.15, 0.2) is 0 Å². The molecule has 2 atom stereocenters. The van der Waals surface area contributed by atoms with Crippen LogP contribution in [0.15, 0.2) is 29.2 Å². The Labute approximate surface area is 205 Å². The molecule has 4 rings (SSSR count). The fourth-order valence-corrected chi connectivity index (χ4v) is 7.74. The lowest BCUT2D eigenvalue weighted by atomic mass is 9.64. The van der Waals surface area contributed by atoms with Gasteiger partial charge in [-0.2, -0.15) is 13.2 Å². The molecule has 2 amide bonds. The normalized spacial score (nSPS) is 31.5. The molecule has 0 heterocycles. The molecular formula is C25H36F3N3O3S. The van der Waals surface area contributed by atoms with Gasteiger partial charge in [0.05, 0.1) is 10.5 Å². The highest BCUT2D eigenvalue weighted by molar-refractivity contribution is 7.89. The second kappa shape index (κ2) is 10.3. The number of carbonyl (C=O) groups is 1. The van der Waals surface area contributed by atoms with E-state index in [9.17, 15) is 26.4 Å². The van der Waals surface area contributed by atoms with Crippen LogP contribution in [0.4, 0.5) is 18.0 Å². The summed E-state index contributed by atoms with van der Waals surface area (Å²) >= 11 is 0. The van der Waals surface area contributed by atoms with E-state index in [0.717, 1.165) is 37.5 Å². The van der Waals surface area contributed by atoms with Crippen molar-refractivity contribution in [3.63, 3.8) is 0 Å². The molecule has 6 nitrogen and oxygen atoms in total. The fraction of sp³-hybridized carbons (Fsp3) is 0.720. The van der Waals surface area contributed by atoms with Gasteiger partial charge in [0.2, 0.25) is 10.0 Å². The number of carbonyl (C=O) groups excluding carboxylic acids is 1. The molecule has 2 unspecified atom stereocenters. The van der Waals surface area contributed by atoms with E-state index in [0.29, 0.717) is 43.6 Å². The lowest BCUT2D eigenvalue weighted by molar-refractivity contribution is -0.137. The van der Waals surface area contributed by atoms with Gasteiger partial charge in [-0.1, -0.05) is 32.3 Å². The molecule has 196 valence electrons. The SMILES string of the molecule is CCC1(NC(=O)NC2CCC(NS(=O)(=O)c3cccc(C(F)(F)F)c3)CC2)CC2CCCC(C2)C1. The fourth-order valence-electron chi connectivity index (χ4n) is 6.39. The van der Waals surface area contributed by atoms with Crippen molar-refractivity contribution in [1.29, 1.82) is 0 Å². The van der Waals surface area contributed by atoms with Crippen molar-refractivity contribution in [2.45, 2.75) is 106 Å².